The lowest BCUT2D eigenvalue weighted by Gasteiger charge is -2.26. The molecule has 0 saturated carbocycles. The van der Waals surface area contributed by atoms with E-state index in [2.05, 4.69) is 15.6 Å². The number of rotatable bonds is 12. The highest BCUT2D eigenvalue weighted by Gasteiger charge is 2.36. The highest BCUT2D eigenvalue weighted by Crippen LogP contribution is 2.27. The zero-order valence-corrected chi connectivity index (χ0v) is 25.0. The summed E-state index contributed by atoms with van der Waals surface area (Å²) in [4.78, 5) is 42.1. The highest BCUT2D eigenvalue weighted by atomic mass is 16.5. The minimum absolute atomic E-state index is 0.163. The van der Waals surface area contributed by atoms with E-state index in [-0.39, 0.29) is 31.4 Å². The number of nitrogens with zero attached hydrogens (tertiary/aromatic N) is 1. The summed E-state index contributed by atoms with van der Waals surface area (Å²) in [6.45, 7) is 2.06. The van der Waals surface area contributed by atoms with Crippen molar-refractivity contribution < 1.29 is 29.0 Å². The van der Waals surface area contributed by atoms with Crippen molar-refractivity contribution in [1.29, 1.82) is 0 Å². The smallest absolute Gasteiger partial charge is 0.348 e. The number of pyridine rings is 1. The van der Waals surface area contributed by atoms with Crippen LogP contribution in [0.15, 0.2) is 115 Å². The number of nitrogens with one attached hydrogen (secondary N) is 2. The average molecular weight is 614 g/mol. The van der Waals surface area contributed by atoms with Crippen molar-refractivity contribution in [2.45, 2.75) is 18.9 Å². The number of aliphatic carboxylic acids is 1. The fourth-order valence-electron chi connectivity index (χ4n) is 5.23. The number of carboxylic acids is 1. The first kappa shape index (κ1) is 30.1. The van der Waals surface area contributed by atoms with Gasteiger partial charge in [0, 0.05) is 34.8 Å². The van der Waals surface area contributed by atoms with Crippen LogP contribution < -0.4 is 20.1 Å². The average Bonchev–Trinajstić information content (AvgIpc) is 3.07. The number of anilines is 1. The van der Waals surface area contributed by atoms with Crippen LogP contribution in [0.5, 0.6) is 11.5 Å². The van der Waals surface area contributed by atoms with E-state index in [9.17, 15) is 19.5 Å². The summed E-state index contributed by atoms with van der Waals surface area (Å²) < 4.78 is 11.6. The minimum Gasteiger partial charge on any atom is -0.492 e. The van der Waals surface area contributed by atoms with Crippen molar-refractivity contribution >= 4 is 45.1 Å². The Kier molecular flexibility index (Phi) is 8.47. The molecule has 9 heteroatoms. The Morgan fingerprint density at radius 3 is 2.28 bits per heavy atom. The van der Waals surface area contributed by atoms with Crippen LogP contribution in [0.25, 0.3) is 21.7 Å². The number of aromatic nitrogens is 1. The number of carbonyl (C=O) groups is 3. The Hall–Kier alpha value is -5.96. The van der Waals surface area contributed by atoms with Gasteiger partial charge in [0.15, 0.2) is 0 Å². The molecule has 1 aromatic heterocycles. The van der Waals surface area contributed by atoms with Crippen molar-refractivity contribution in [3.05, 3.63) is 132 Å². The molecule has 3 N–H and O–H groups in total. The number of benzene rings is 5. The van der Waals surface area contributed by atoms with Gasteiger partial charge >= 0.3 is 5.97 Å². The van der Waals surface area contributed by atoms with E-state index in [4.69, 9.17) is 9.47 Å². The molecule has 1 atom stereocenters. The molecule has 1 heterocycles. The van der Waals surface area contributed by atoms with E-state index in [0.29, 0.717) is 28.3 Å². The van der Waals surface area contributed by atoms with Gasteiger partial charge in [0.05, 0.1) is 12.1 Å². The summed E-state index contributed by atoms with van der Waals surface area (Å²) in [5, 5.41) is 18.4. The molecular weight excluding hydrogens is 582 g/mol. The zero-order valence-electron chi connectivity index (χ0n) is 25.0. The lowest BCUT2D eigenvalue weighted by Crippen LogP contribution is -2.43. The maximum Gasteiger partial charge on any atom is 0.348 e. The molecule has 0 saturated heterocycles. The first-order valence-electron chi connectivity index (χ1n) is 14.8. The second-order valence-electron chi connectivity index (χ2n) is 11.1. The van der Waals surface area contributed by atoms with Crippen LogP contribution >= 0.6 is 0 Å². The number of hydrogen-bond donors (Lipinski definition) is 3. The topological polar surface area (TPSA) is 127 Å². The van der Waals surface area contributed by atoms with Crippen LogP contribution in [0.3, 0.4) is 0 Å². The molecule has 5 aromatic carbocycles. The van der Waals surface area contributed by atoms with E-state index in [0.717, 1.165) is 27.2 Å². The number of carbonyl (C=O) groups excluding carboxylic acids is 2. The van der Waals surface area contributed by atoms with Crippen LogP contribution in [-0.2, 0) is 11.2 Å². The van der Waals surface area contributed by atoms with Crippen LogP contribution in [0.1, 0.15) is 33.2 Å². The number of fused-ring (bicyclic) bond motifs is 6. The first-order chi connectivity index (χ1) is 22.3. The second kappa shape index (κ2) is 13.0. The molecule has 0 aliphatic carbocycles. The van der Waals surface area contributed by atoms with Crippen molar-refractivity contribution in [2.75, 3.05) is 18.5 Å². The quantitative estimate of drug-likeness (QED) is 0.137. The molecule has 0 radical (unpaired) electrons. The number of ether oxygens (including phenoxy) is 2. The van der Waals surface area contributed by atoms with E-state index < -0.39 is 11.6 Å². The van der Waals surface area contributed by atoms with E-state index in [1.165, 1.54) is 0 Å². The SMILES string of the molecule is CC(Cc1ccc(OCCNC(=O)c2ccc(NC(=O)c3ccc4cc3c3cc4ccn3)cc2)cc1)(Oc1ccccc1)C(=O)O. The first-order valence-corrected chi connectivity index (χ1v) is 14.8. The lowest BCUT2D eigenvalue weighted by molar-refractivity contribution is -0.153. The summed E-state index contributed by atoms with van der Waals surface area (Å²) in [5.41, 5.74) is 1.64. The number of carboxylic acid groups (broad SMARTS) is 1. The third-order valence-electron chi connectivity index (χ3n) is 7.70. The van der Waals surface area contributed by atoms with Gasteiger partial charge in [0.1, 0.15) is 18.1 Å². The maximum atomic E-state index is 13.0. The van der Waals surface area contributed by atoms with Crippen molar-refractivity contribution in [2.24, 2.45) is 0 Å². The standard InChI is InChI=1S/C37H31N3O6/c1-37(36(43)44,46-30-5-3-2-4-6-30)23-24-7-14-29(15-8-24)45-20-19-39-34(41)25-9-12-28(13-10-25)40-35(42)31-16-11-26-21-32(31)33-22-27(26)17-18-38-33/h2-18,21-22H,19-20,23H2,1H3,(H,39,41)(H,40,42)(H,43,44). The molecule has 0 aliphatic heterocycles. The summed E-state index contributed by atoms with van der Waals surface area (Å²) in [5.74, 6) is -0.511. The predicted molar refractivity (Wildman–Crippen MR) is 176 cm³/mol. The summed E-state index contributed by atoms with van der Waals surface area (Å²) in [7, 11) is 0. The van der Waals surface area contributed by atoms with E-state index >= 15 is 0 Å². The number of amides is 2. The fourth-order valence-corrected chi connectivity index (χ4v) is 5.23. The molecule has 4 bridgehead atoms. The maximum absolute atomic E-state index is 13.0. The minimum atomic E-state index is -1.44. The van der Waals surface area contributed by atoms with Gasteiger partial charge in [-0.15, -0.1) is 0 Å². The molecule has 2 amide bonds. The van der Waals surface area contributed by atoms with Crippen molar-refractivity contribution in [3.63, 3.8) is 0 Å². The molecule has 230 valence electrons. The third-order valence-corrected chi connectivity index (χ3v) is 7.70. The molecular formula is C37H31N3O6. The third kappa shape index (κ3) is 6.73. The second-order valence-corrected chi connectivity index (χ2v) is 11.1. The van der Waals surface area contributed by atoms with Gasteiger partial charge in [-0.3, -0.25) is 14.6 Å². The van der Waals surface area contributed by atoms with Gasteiger partial charge in [-0.2, -0.15) is 0 Å². The Morgan fingerprint density at radius 1 is 0.804 bits per heavy atom. The van der Waals surface area contributed by atoms with Gasteiger partial charge in [-0.1, -0.05) is 36.4 Å². The Labute approximate surface area is 265 Å². The zero-order chi connectivity index (χ0) is 32.1. The van der Waals surface area contributed by atoms with Crippen LogP contribution in [0.2, 0.25) is 0 Å². The molecule has 46 heavy (non-hydrogen) atoms. The fraction of sp³-hybridized carbons (Fsp3) is 0.135. The Morgan fingerprint density at radius 2 is 1.54 bits per heavy atom. The van der Waals surface area contributed by atoms with E-state index in [1.54, 1.807) is 92.0 Å². The summed E-state index contributed by atoms with van der Waals surface area (Å²) in [6, 6.07) is 32.2. The van der Waals surface area contributed by atoms with Crippen LogP contribution in [0, 0.1) is 0 Å². The molecule has 6 rings (SSSR count). The van der Waals surface area contributed by atoms with Crippen molar-refractivity contribution in [1.82, 2.24) is 10.3 Å². The van der Waals surface area contributed by atoms with Gasteiger partial charge < -0.3 is 25.2 Å². The molecule has 9 nitrogen and oxygen atoms in total. The number of para-hydroxylation sites is 1. The highest BCUT2D eigenvalue weighted by molar-refractivity contribution is 6.15. The normalized spacial score (nSPS) is 12.4. The molecule has 0 aliphatic rings. The monoisotopic (exact) mass is 613 g/mol. The van der Waals surface area contributed by atoms with Crippen molar-refractivity contribution in [3.8, 4) is 11.5 Å². The molecule has 1 unspecified atom stereocenters. The molecule has 0 fully saturated rings. The van der Waals surface area contributed by atoms with E-state index in [1.807, 2.05) is 30.3 Å². The van der Waals surface area contributed by atoms with Gasteiger partial charge in [0.25, 0.3) is 11.8 Å². The summed E-state index contributed by atoms with van der Waals surface area (Å²) in [6.07, 6.45) is 1.90. The summed E-state index contributed by atoms with van der Waals surface area (Å²) >= 11 is 0. The van der Waals surface area contributed by atoms with Gasteiger partial charge in [-0.25, -0.2) is 4.79 Å². The largest absolute Gasteiger partial charge is 0.492 e. The predicted octanol–water partition coefficient (Wildman–Crippen LogP) is 6.35. The van der Waals surface area contributed by atoms with Gasteiger partial charge in [-0.05, 0) is 96.1 Å². The van der Waals surface area contributed by atoms with Crippen LogP contribution in [-0.4, -0.2) is 46.6 Å². The molecule has 0 spiro atoms. The molecule has 6 aromatic rings. The number of hydrogen-bond acceptors (Lipinski definition) is 6. The Bertz CT molecular complexity index is 1990. The lowest BCUT2D eigenvalue weighted by atomic mass is 9.96. The Balaban J connectivity index is 0.971. The van der Waals surface area contributed by atoms with Crippen LogP contribution in [0.4, 0.5) is 5.69 Å². The van der Waals surface area contributed by atoms with Gasteiger partial charge in [0.2, 0.25) is 5.60 Å².